The lowest BCUT2D eigenvalue weighted by molar-refractivity contribution is 0.626. The first-order valence-corrected chi connectivity index (χ1v) is 6.32. The molecular formula is C15H14ClF2N. The quantitative estimate of drug-likeness (QED) is 0.825. The standard InChI is InChI=1S/C15H14ClF2N/c1-9-5-12(18)7-13(6-9)19-10(2)14-4-3-11(17)8-15(14)16/h3-8,10,19H,1-2H3. The molecule has 0 heterocycles. The van der Waals surface area contributed by atoms with Gasteiger partial charge in [-0.3, -0.25) is 0 Å². The largest absolute Gasteiger partial charge is 0.378 e. The Morgan fingerprint density at radius 1 is 1.05 bits per heavy atom. The lowest BCUT2D eigenvalue weighted by Crippen LogP contribution is -2.07. The molecule has 1 nitrogen and oxygen atoms in total. The van der Waals surface area contributed by atoms with Gasteiger partial charge in [0.1, 0.15) is 11.6 Å². The van der Waals surface area contributed by atoms with Crippen molar-refractivity contribution < 1.29 is 8.78 Å². The maximum Gasteiger partial charge on any atom is 0.125 e. The zero-order valence-electron chi connectivity index (χ0n) is 10.7. The topological polar surface area (TPSA) is 12.0 Å². The molecule has 0 saturated heterocycles. The highest BCUT2D eigenvalue weighted by atomic mass is 35.5. The Hall–Kier alpha value is -1.61. The fourth-order valence-electron chi connectivity index (χ4n) is 2.00. The normalized spacial score (nSPS) is 12.3. The molecule has 2 aromatic rings. The third kappa shape index (κ3) is 3.44. The second-order valence-corrected chi connectivity index (χ2v) is 4.96. The van der Waals surface area contributed by atoms with Crippen molar-refractivity contribution in [1.82, 2.24) is 0 Å². The minimum atomic E-state index is -0.373. The number of hydrogen-bond donors (Lipinski definition) is 1. The van der Waals surface area contributed by atoms with Gasteiger partial charge in [0.15, 0.2) is 0 Å². The summed E-state index contributed by atoms with van der Waals surface area (Å²) in [7, 11) is 0. The van der Waals surface area contributed by atoms with Crippen molar-refractivity contribution >= 4 is 17.3 Å². The fourth-order valence-corrected chi connectivity index (χ4v) is 2.33. The molecule has 0 fully saturated rings. The maximum absolute atomic E-state index is 13.3. The Kier molecular flexibility index (Phi) is 4.05. The van der Waals surface area contributed by atoms with E-state index in [1.165, 1.54) is 24.3 Å². The molecule has 0 radical (unpaired) electrons. The molecule has 2 rings (SSSR count). The van der Waals surface area contributed by atoms with E-state index in [0.29, 0.717) is 10.7 Å². The number of hydrogen-bond acceptors (Lipinski definition) is 1. The van der Waals surface area contributed by atoms with Gasteiger partial charge in [-0.15, -0.1) is 0 Å². The third-order valence-electron chi connectivity index (χ3n) is 2.85. The van der Waals surface area contributed by atoms with Gasteiger partial charge in [-0.05, 0) is 55.3 Å². The first-order valence-electron chi connectivity index (χ1n) is 5.94. The molecule has 1 atom stereocenters. The Labute approximate surface area is 116 Å². The minimum Gasteiger partial charge on any atom is -0.378 e. The van der Waals surface area contributed by atoms with Gasteiger partial charge in [-0.25, -0.2) is 8.78 Å². The fraction of sp³-hybridized carbons (Fsp3) is 0.200. The van der Waals surface area contributed by atoms with E-state index < -0.39 is 0 Å². The zero-order valence-corrected chi connectivity index (χ0v) is 11.4. The molecule has 0 aliphatic heterocycles. The van der Waals surface area contributed by atoms with Crippen molar-refractivity contribution in [3.8, 4) is 0 Å². The van der Waals surface area contributed by atoms with Crippen LogP contribution in [0.5, 0.6) is 0 Å². The molecular weight excluding hydrogens is 268 g/mol. The Balaban J connectivity index is 2.22. The van der Waals surface area contributed by atoms with Crippen LogP contribution in [0.2, 0.25) is 5.02 Å². The molecule has 4 heteroatoms. The number of anilines is 1. The number of nitrogens with one attached hydrogen (secondary N) is 1. The molecule has 0 saturated carbocycles. The SMILES string of the molecule is Cc1cc(F)cc(NC(C)c2ccc(F)cc2Cl)c1. The molecule has 0 aromatic heterocycles. The summed E-state index contributed by atoms with van der Waals surface area (Å²) < 4.78 is 26.3. The molecule has 0 aliphatic carbocycles. The van der Waals surface area contributed by atoms with E-state index in [0.717, 1.165) is 11.1 Å². The van der Waals surface area contributed by atoms with Gasteiger partial charge in [-0.2, -0.15) is 0 Å². The van der Waals surface area contributed by atoms with Gasteiger partial charge in [0.05, 0.1) is 0 Å². The van der Waals surface area contributed by atoms with E-state index in [1.807, 2.05) is 19.9 Å². The molecule has 0 bridgehead atoms. The van der Waals surface area contributed by atoms with Crippen LogP contribution in [0.25, 0.3) is 0 Å². The smallest absolute Gasteiger partial charge is 0.125 e. The van der Waals surface area contributed by atoms with Crippen LogP contribution in [0.15, 0.2) is 36.4 Å². The highest BCUT2D eigenvalue weighted by Gasteiger charge is 2.11. The van der Waals surface area contributed by atoms with Gasteiger partial charge in [0, 0.05) is 16.8 Å². The highest BCUT2D eigenvalue weighted by Crippen LogP contribution is 2.27. The van der Waals surface area contributed by atoms with E-state index in [9.17, 15) is 8.78 Å². The number of aryl methyl sites for hydroxylation is 1. The van der Waals surface area contributed by atoms with Gasteiger partial charge in [0.25, 0.3) is 0 Å². The minimum absolute atomic E-state index is 0.144. The van der Waals surface area contributed by atoms with Crippen molar-refractivity contribution in [2.24, 2.45) is 0 Å². The van der Waals surface area contributed by atoms with Gasteiger partial charge in [-0.1, -0.05) is 17.7 Å². The summed E-state index contributed by atoms with van der Waals surface area (Å²) in [5.41, 5.74) is 2.27. The van der Waals surface area contributed by atoms with Crippen molar-refractivity contribution in [2.45, 2.75) is 19.9 Å². The average molecular weight is 282 g/mol. The summed E-state index contributed by atoms with van der Waals surface area (Å²) in [6.07, 6.45) is 0. The van der Waals surface area contributed by atoms with Crippen LogP contribution in [0.4, 0.5) is 14.5 Å². The van der Waals surface area contributed by atoms with Crippen LogP contribution in [0.1, 0.15) is 24.1 Å². The van der Waals surface area contributed by atoms with Crippen LogP contribution in [0.3, 0.4) is 0 Å². The molecule has 100 valence electrons. The maximum atomic E-state index is 13.3. The Morgan fingerprint density at radius 2 is 1.79 bits per heavy atom. The predicted molar refractivity (Wildman–Crippen MR) is 74.6 cm³/mol. The second kappa shape index (κ2) is 5.57. The summed E-state index contributed by atoms with van der Waals surface area (Å²) in [5.74, 6) is -0.664. The summed E-state index contributed by atoms with van der Waals surface area (Å²) in [6.45, 7) is 3.71. The molecule has 0 amide bonds. The van der Waals surface area contributed by atoms with Crippen LogP contribution in [-0.4, -0.2) is 0 Å². The van der Waals surface area contributed by atoms with Crippen molar-refractivity contribution in [3.05, 3.63) is 64.2 Å². The van der Waals surface area contributed by atoms with Gasteiger partial charge in [0.2, 0.25) is 0 Å². The number of halogens is 3. The molecule has 1 N–H and O–H groups in total. The summed E-state index contributed by atoms with van der Waals surface area (Å²) in [4.78, 5) is 0. The molecule has 0 spiro atoms. The number of benzene rings is 2. The van der Waals surface area contributed by atoms with E-state index in [1.54, 1.807) is 6.07 Å². The molecule has 1 unspecified atom stereocenters. The Morgan fingerprint density at radius 3 is 2.42 bits per heavy atom. The van der Waals surface area contributed by atoms with Gasteiger partial charge < -0.3 is 5.32 Å². The van der Waals surface area contributed by atoms with Crippen molar-refractivity contribution in [1.29, 1.82) is 0 Å². The highest BCUT2D eigenvalue weighted by molar-refractivity contribution is 6.31. The lowest BCUT2D eigenvalue weighted by atomic mass is 10.1. The zero-order chi connectivity index (χ0) is 14.0. The van der Waals surface area contributed by atoms with Crippen LogP contribution >= 0.6 is 11.6 Å². The number of rotatable bonds is 3. The summed E-state index contributed by atoms with van der Waals surface area (Å²) >= 11 is 6.00. The monoisotopic (exact) mass is 281 g/mol. The first-order chi connectivity index (χ1) is 8.95. The van der Waals surface area contributed by atoms with Crippen LogP contribution in [-0.2, 0) is 0 Å². The third-order valence-corrected chi connectivity index (χ3v) is 3.18. The van der Waals surface area contributed by atoms with E-state index in [-0.39, 0.29) is 17.7 Å². The summed E-state index contributed by atoms with van der Waals surface area (Å²) in [5, 5.41) is 3.51. The van der Waals surface area contributed by atoms with E-state index >= 15 is 0 Å². The lowest BCUT2D eigenvalue weighted by Gasteiger charge is -2.17. The van der Waals surface area contributed by atoms with E-state index in [4.69, 9.17) is 11.6 Å². The van der Waals surface area contributed by atoms with Crippen LogP contribution < -0.4 is 5.32 Å². The predicted octanol–water partition coefficient (Wildman–Crippen LogP) is 5.10. The molecule has 19 heavy (non-hydrogen) atoms. The second-order valence-electron chi connectivity index (χ2n) is 4.55. The molecule has 2 aromatic carbocycles. The van der Waals surface area contributed by atoms with Crippen molar-refractivity contribution in [2.75, 3.05) is 5.32 Å². The van der Waals surface area contributed by atoms with Crippen molar-refractivity contribution in [3.63, 3.8) is 0 Å². The molecule has 0 aliphatic rings. The van der Waals surface area contributed by atoms with Crippen LogP contribution in [0, 0.1) is 18.6 Å². The van der Waals surface area contributed by atoms with E-state index in [2.05, 4.69) is 5.32 Å². The average Bonchev–Trinajstić information content (AvgIpc) is 2.26. The Bertz CT molecular complexity index is 578. The summed E-state index contributed by atoms with van der Waals surface area (Å²) in [6, 6.07) is 8.83. The first kappa shape index (κ1) is 13.8. The van der Waals surface area contributed by atoms with Gasteiger partial charge >= 0.3 is 0 Å².